The van der Waals surface area contributed by atoms with E-state index in [9.17, 15) is 8.42 Å². The summed E-state index contributed by atoms with van der Waals surface area (Å²) < 4.78 is 28.8. The molecule has 7 heteroatoms. The van der Waals surface area contributed by atoms with Crippen LogP contribution in [0.1, 0.15) is 5.56 Å². The van der Waals surface area contributed by atoms with E-state index in [4.69, 9.17) is 4.74 Å². The van der Waals surface area contributed by atoms with Gasteiger partial charge < -0.3 is 9.64 Å². The van der Waals surface area contributed by atoms with Crippen LogP contribution in [-0.4, -0.2) is 55.7 Å². The topological polar surface area (TPSA) is 59.0 Å². The Morgan fingerprint density at radius 3 is 2.78 bits per heavy atom. The van der Waals surface area contributed by atoms with Gasteiger partial charge in [0.15, 0.2) is 15.0 Å². The van der Waals surface area contributed by atoms with Crippen LogP contribution in [0.3, 0.4) is 0 Å². The molecule has 2 heterocycles. The van der Waals surface area contributed by atoms with E-state index >= 15 is 0 Å². The number of aliphatic imine (C=N–C) groups is 1. The van der Waals surface area contributed by atoms with E-state index in [0.29, 0.717) is 6.54 Å². The molecule has 2 aliphatic rings. The summed E-state index contributed by atoms with van der Waals surface area (Å²) in [6, 6.07) is 7.79. The van der Waals surface area contributed by atoms with E-state index in [2.05, 4.69) is 16.5 Å². The fourth-order valence-electron chi connectivity index (χ4n) is 2.93. The van der Waals surface area contributed by atoms with Gasteiger partial charge in [0.25, 0.3) is 0 Å². The molecule has 0 amide bonds. The Balaban J connectivity index is 1.69. The van der Waals surface area contributed by atoms with Gasteiger partial charge in [-0.05, 0) is 17.7 Å². The number of hydrogen-bond donors (Lipinski definition) is 0. The van der Waals surface area contributed by atoms with Gasteiger partial charge in [-0.3, -0.25) is 4.99 Å². The van der Waals surface area contributed by atoms with Gasteiger partial charge in [-0.15, -0.1) is 6.58 Å². The Morgan fingerprint density at radius 2 is 2.13 bits per heavy atom. The van der Waals surface area contributed by atoms with Crippen LogP contribution in [0.4, 0.5) is 0 Å². The van der Waals surface area contributed by atoms with Crippen molar-refractivity contribution >= 4 is 26.8 Å². The summed E-state index contributed by atoms with van der Waals surface area (Å²) in [5.74, 6) is 1.99. The van der Waals surface area contributed by atoms with Crippen molar-refractivity contribution in [3.05, 3.63) is 42.5 Å². The lowest BCUT2D eigenvalue weighted by Gasteiger charge is -2.24. The minimum atomic E-state index is -2.96. The maximum absolute atomic E-state index is 11.8. The van der Waals surface area contributed by atoms with Crippen molar-refractivity contribution in [3.8, 4) is 5.75 Å². The molecular formula is C16H20N2O3S2. The standard InChI is InChI=1S/C16H20N2O3S2/c1-3-8-18-15-11-23(19,20)10-14(15)17-16(18)22-9-12-4-6-13(21-2)7-5-12/h3-7,14-15H,1,8-11H2,2H3/t14-,15+/m1/s1. The second-order valence-electron chi connectivity index (χ2n) is 5.70. The lowest BCUT2D eigenvalue weighted by atomic mass is 10.2. The molecule has 0 radical (unpaired) electrons. The number of nitrogens with zero attached hydrogens (tertiary/aromatic N) is 2. The zero-order chi connectivity index (χ0) is 16.4. The molecule has 0 aromatic heterocycles. The third-order valence-electron chi connectivity index (χ3n) is 4.07. The Kier molecular flexibility index (Phi) is 4.68. The van der Waals surface area contributed by atoms with Crippen molar-refractivity contribution in [2.45, 2.75) is 17.8 Å². The maximum Gasteiger partial charge on any atom is 0.160 e. The second-order valence-corrected chi connectivity index (χ2v) is 8.80. The van der Waals surface area contributed by atoms with Crippen LogP contribution in [-0.2, 0) is 15.6 Å². The number of amidine groups is 1. The highest BCUT2D eigenvalue weighted by atomic mass is 32.2. The highest BCUT2D eigenvalue weighted by molar-refractivity contribution is 8.13. The summed E-state index contributed by atoms with van der Waals surface area (Å²) >= 11 is 1.65. The van der Waals surface area contributed by atoms with Gasteiger partial charge >= 0.3 is 0 Å². The molecule has 0 unspecified atom stereocenters. The first-order valence-electron chi connectivity index (χ1n) is 7.44. The van der Waals surface area contributed by atoms with Crippen molar-refractivity contribution in [3.63, 3.8) is 0 Å². The molecule has 1 saturated heterocycles. The Labute approximate surface area is 141 Å². The van der Waals surface area contributed by atoms with Crippen LogP contribution in [0.15, 0.2) is 41.9 Å². The molecule has 5 nitrogen and oxygen atoms in total. The first kappa shape index (κ1) is 16.4. The molecule has 0 aliphatic carbocycles. The average molecular weight is 352 g/mol. The van der Waals surface area contributed by atoms with Crippen molar-refractivity contribution in [2.24, 2.45) is 4.99 Å². The first-order chi connectivity index (χ1) is 11.0. The smallest absolute Gasteiger partial charge is 0.160 e. The Hall–Kier alpha value is -1.47. The number of sulfone groups is 1. The van der Waals surface area contributed by atoms with Gasteiger partial charge in [-0.1, -0.05) is 30.0 Å². The number of methoxy groups -OCH3 is 1. The SMILES string of the molecule is C=CCN1C(SCc2ccc(OC)cc2)=N[C@@H]2CS(=O)(=O)C[C@@H]21. The van der Waals surface area contributed by atoms with Gasteiger partial charge in [0.2, 0.25) is 0 Å². The predicted molar refractivity (Wildman–Crippen MR) is 94.9 cm³/mol. The lowest BCUT2D eigenvalue weighted by molar-refractivity contribution is 0.379. The molecule has 1 aromatic carbocycles. The van der Waals surface area contributed by atoms with Crippen LogP contribution in [0.2, 0.25) is 0 Å². The zero-order valence-electron chi connectivity index (χ0n) is 13.0. The first-order valence-corrected chi connectivity index (χ1v) is 10.2. The highest BCUT2D eigenvalue weighted by Crippen LogP contribution is 2.32. The van der Waals surface area contributed by atoms with Gasteiger partial charge in [0.05, 0.1) is 30.7 Å². The van der Waals surface area contributed by atoms with Crippen molar-refractivity contribution in [1.82, 2.24) is 4.90 Å². The van der Waals surface area contributed by atoms with Crippen molar-refractivity contribution < 1.29 is 13.2 Å². The van der Waals surface area contributed by atoms with Crippen LogP contribution in [0.25, 0.3) is 0 Å². The van der Waals surface area contributed by atoms with Gasteiger partial charge in [0.1, 0.15) is 5.75 Å². The quantitative estimate of drug-likeness (QED) is 0.758. The summed E-state index contributed by atoms with van der Waals surface area (Å²) in [5.41, 5.74) is 1.18. The molecule has 1 fully saturated rings. The molecule has 1 aromatic rings. The molecule has 23 heavy (non-hydrogen) atoms. The average Bonchev–Trinajstić information content (AvgIpc) is 2.99. The predicted octanol–water partition coefficient (Wildman–Crippen LogP) is 1.95. The maximum atomic E-state index is 11.8. The number of ether oxygens (including phenoxy) is 1. The summed E-state index contributed by atoms with van der Waals surface area (Å²) in [6.07, 6.45) is 1.80. The lowest BCUT2D eigenvalue weighted by Crippen LogP contribution is -2.39. The van der Waals surface area contributed by atoms with Gasteiger partial charge in [-0.25, -0.2) is 8.42 Å². The van der Waals surface area contributed by atoms with Crippen LogP contribution in [0.5, 0.6) is 5.75 Å². The number of thioether (sulfide) groups is 1. The summed E-state index contributed by atoms with van der Waals surface area (Å²) in [7, 11) is -1.31. The minimum absolute atomic E-state index is 0.0311. The molecule has 0 saturated carbocycles. The Bertz CT molecular complexity index is 713. The number of hydrogen-bond acceptors (Lipinski definition) is 6. The van der Waals surface area contributed by atoms with Gasteiger partial charge in [0, 0.05) is 12.3 Å². The van der Waals surface area contributed by atoms with E-state index in [0.717, 1.165) is 16.7 Å². The number of rotatable bonds is 5. The van der Waals surface area contributed by atoms with Crippen LogP contribution < -0.4 is 4.74 Å². The molecule has 124 valence electrons. The molecule has 2 aliphatic heterocycles. The third kappa shape index (κ3) is 3.55. The largest absolute Gasteiger partial charge is 0.497 e. The number of benzene rings is 1. The highest BCUT2D eigenvalue weighted by Gasteiger charge is 2.45. The summed E-state index contributed by atoms with van der Waals surface area (Å²) in [5, 5.41) is 0.922. The molecule has 0 bridgehead atoms. The molecule has 0 N–H and O–H groups in total. The zero-order valence-corrected chi connectivity index (χ0v) is 14.6. The molecule has 3 rings (SSSR count). The van der Waals surface area contributed by atoms with E-state index in [1.54, 1.807) is 24.9 Å². The second kappa shape index (κ2) is 6.57. The summed E-state index contributed by atoms with van der Waals surface area (Å²) in [4.78, 5) is 6.73. The summed E-state index contributed by atoms with van der Waals surface area (Å²) in [6.45, 7) is 4.41. The number of fused-ring (bicyclic) bond motifs is 1. The molecule has 2 atom stereocenters. The van der Waals surface area contributed by atoms with Crippen molar-refractivity contribution in [1.29, 1.82) is 0 Å². The molecule has 0 spiro atoms. The van der Waals surface area contributed by atoms with Crippen LogP contribution >= 0.6 is 11.8 Å². The Morgan fingerprint density at radius 1 is 1.39 bits per heavy atom. The van der Waals surface area contributed by atoms with E-state index in [1.807, 2.05) is 24.3 Å². The van der Waals surface area contributed by atoms with Gasteiger partial charge in [-0.2, -0.15) is 0 Å². The fourth-order valence-corrected chi connectivity index (χ4v) is 5.88. The fraction of sp³-hybridized carbons (Fsp3) is 0.438. The van der Waals surface area contributed by atoms with Crippen molar-refractivity contribution in [2.75, 3.05) is 25.2 Å². The van der Waals surface area contributed by atoms with E-state index in [-0.39, 0.29) is 23.6 Å². The molecular weight excluding hydrogens is 332 g/mol. The third-order valence-corrected chi connectivity index (χ3v) is 6.84. The van der Waals surface area contributed by atoms with E-state index < -0.39 is 9.84 Å². The normalized spacial score (nSPS) is 25.1. The minimum Gasteiger partial charge on any atom is -0.497 e. The monoisotopic (exact) mass is 352 g/mol. The van der Waals surface area contributed by atoms with Crippen LogP contribution in [0, 0.1) is 0 Å². The van der Waals surface area contributed by atoms with E-state index in [1.165, 1.54) is 5.56 Å².